The van der Waals surface area contributed by atoms with Crippen LogP contribution in [0, 0.1) is 5.92 Å². The first kappa shape index (κ1) is 53.9. The summed E-state index contributed by atoms with van der Waals surface area (Å²) in [6, 6.07) is 6.57. The Hall–Kier alpha value is -2.48. The van der Waals surface area contributed by atoms with Crippen molar-refractivity contribution in [3.05, 3.63) is 36.2 Å². The maximum atomic E-state index is 13.3. The summed E-state index contributed by atoms with van der Waals surface area (Å²) >= 11 is 8.88. The molecular formula is C43H67N6O14PS3. The second-order valence-corrected chi connectivity index (χ2v) is 22.9. The number of aromatic nitrogens is 3. The molecule has 2 aromatic rings. The van der Waals surface area contributed by atoms with Gasteiger partial charge in [-0.3, -0.25) is 19.1 Å². The lowest BCUT2D eigenvalue weighted by Gasteiger charge is -2.65. The van der Waals surface area contributed by atoms with Gasteiger partial charge < -0.3 is 64.2 Å². The molecule has 1 aromatic heterocycles. The highest BCUT2D eigenvalue weighted by Crippen LogP contribution is 2.69. The van der Waals surface area contributed by atoms with Crippen LogP contribution in [0.5, 0.6) is 5.75 Å². The molecule has 376 valence electrons. The lowest BCUT2D eigenvalue weighted by Crippen LogP contribution is -2.66. The first-order valence-corrected chi connectivity index (χ1v) is 26.9. The van der Waals surface area contributed by atoms with Crippen LogP contribution < -0.4 is 15.4 Å². The van der Waals surface area contributed by atoms with Crippen LogP contribution in [0.25, 0.3) is 0 Å². The second-order valence-electron chi connectivity index (χ2n) is 17.5. The van der Waals surface area contributed by atoms with E-state index >= 15 is 0 Å². The van der Waals surface area contributed by atoms with Crippen LogP contribution in [0.3, 0.4) is 0 Å². The Labute approximate surface area is 405 Å². The topological polar surface area (TPSA) is 266 Å². The number of benzene rings is 1. The SMILES string of the molecule is CCCC1CC2(C)SC3C(=O)N(CCOCCOCCOCCOCCn4cc(CCCCNC(=S)Nc5ccc(O[C@H]6O[C@H](CCP(=O)(O)O)[C@@H](O)[C@H](O)[C@@H]6O)cc5)nn4)C(=O)C3SC12C. The fourth-order valence-corrected chi connectivity index (χ4v) is 13.6. The van der Waals surface area contributed by atoms with Crippen LogP contribution in [-0.2, 0) is 50.8 Å². The van der Waals surface area contributed by atoms with Gasteiger partial charge in [0.2, 0.25) is 18.1 Å². The molecule has 6 rings (SSSR count). The van der Waals surface area contributed by atoms with Crippen molar-refractivity contribution in [2.45, 2.75) is 123 Å². The number of unbranched alkanes of at least 4 members (excludes halogenated alkanes) is 1. The number of amides is 2. The quantitative estimate of drug-likeness (QED) is 0.0279. The minimum atomic E-state index is -4.36. The lowest BCUT2D eigenvalue weighted by atomic mass is 9.63. The third-order valence-electron chi connectivity index (χ3n) is 12.7. The molecule has 7 N–H and O–H groups in total. The van der Waals surface area contributed by atoms with Gasteiger partial charge in [-0.25, -0.2) is 4.68 Å². The first-order chi connectivity index (χ1) is 32.0. The van der Waals surface area contributed by atoms with E-state index in [0.29, 0.717) is 76.1 Å². The third kappa shape index (κ3) is 14.6. The Morgan fingerprint density at radius 2 is 1.51 bits per heavy atom. The van der Waals surface area contributed by atoms with Crippen molar-refractivity contribution >= 4 is 66.0 Å². The number of ether oxygens (including phenoxy) is 6. The van der Waals surface area contributed by atoms with E-state index in [1.807, 2.05) is 6.20 Å². The van der Waals surface area contributed by atoms with Gasteiger partial charge in [-0.15, -0.1) is 28.6 Å². The van der Waals surface area contributed by atoms with E-state index in [9.17, 15) is 29.5 Å². The molecule has 0 radical (unpaired) electrons. The standard InChI is InChI=1S/C43H67N6O14PS3/c1-4-7-28-26-42(2)43(28,3)67-37-36(66-42)38(53)49(39(37)54)16-18-59-20-22-61-24-23-60-21-19-58-17-15-48-27-30(46-47-48)8-5-6-14-44-41(65)45-29-9-11-31(12-10-29)62-40-35(52)34(51)33(50)32(63-40)13-25-64(55,56)57/h9-12,27-28,32-37,40,50-52H,4-8,13-26H2,1-3H3,(H2,44,45,65)(H2,55,56,57)/t28?,32-,33-,34+,35+,36?,37?,40+,42?,43?/m1/s1. The van der Waals surface area contributed by atoms with Gasteiger partial charge in [0.1, 0.15) is 34.6 Å². The summed E-state index contributed by atoms with van der Waals surface area (Å²) in [5, 5.41) is 45.3. The highest BCUT2D eigenvalue weighted by molar-refractivity contribution is 8.10. The summed E-state index contributed by atoms with van der Waals surface area (Å²) in [4.78, 5) is 46.2. The molecule has 0 spiro atoms. The average Bonchev–Trinajstić information content (AvgIpc) is 3.83. The Bertz CT molecular complexity index is 1970. The number of carbonyl (C=O) groups excluding carboxylic acids is 2. The van der Waals surface area contributed by atoms with Crippen molar-refractivity contribution in [2.75, 3.05) is 77.4 Å². The van der Waals surface area contributed by atoms with Gasteiger partial charge >= 0.3 is 7.60 Å². The number of rotatable bonds is 28. The van der Waals surface area contributed by atoms with Gasteiger partial charge in [0.25, 0.3) is 0 Å². The first-order valence-electron chi connectivity index (χ1n) is 23.0. The molecule has 20 nitrogen and oxygen atoms in total. The van der Waals surface area contributed by atoms with Gasteiger partial charge in [0.05, 0.1) is 83.9 Å². The summed E-state index contributed by atoms with van der Waals surface area (Å²) in [5.41, 5.74) is 1.55. The third-order valence-corrected chi connectivity index (χ3v) is 17.9. The van der Waals surface area contributed by atoms with Crippen LogP contribution in [0.4, 0.5) is 5.69 Å². The second kappa shape index (κ2) is 25.1. The number of anilines is 1. The summed E-state index contributed by atoms with van der Waals surface area (Å²) in [7, 11) is -4.36. The van der Waals surface area contributed by atoms with Crippen LogP contribution in [0.2, 0.25) is 0 Å². The molecule has 10 atom stereocenters. The van der Waals surface area contributed by atoms with Crippen molar-refractivity contribution in [1.82, 2.24) is 25.2 Å². The van der Waals surface area contributed by atoms with E-state index in [1.165, 1.54) is 4.90 Å². The molecule has 3 aliphatic heterocycles. The van der Waals surface area contributed by atoms with Gasteiger partial charge in [0, 0.05) is 27.9 Å². The molecule has 1 aromatic carbocycles. The van der Waals surface area contributed by atoms with E-state index < -0.39 is 44.5 Å². The summed E-state index contributed by atoms with van der Waals surface area (Å²) in [6.07, 6.45) is -0.308. The van der Waals surface area contributed by atoms with Crippen LogP contribution in [0.1, 0.15) is 65.0 Å². The minimum Gasteiger partial charge on any atom is -0.462 e. The lowest BCUT2D eigenvalue weighted by molar-refractivity contribution is -0.272. The Kier molecular flexibility index (Phi) is 20.2. The number of thioether (sulfide) groups is 2. The highest BCUT2D eigenvalue weighted by Gasteiger charge is 2.69. The van der Waals surface area contributed by atoms with Crippen molar-refractivity contribution in [3.63, 3.8) is 0 Å². The molecule has 24 heteroatoms. The van der Waals surface area contributed by atoms with Crippen LogP contribution >= 0.6 is 43.3 Å². The molecular weight excluding hydrogens is 952 g/mol. The molecule has 4 fully saturated rings. The fourth-order valence-electron chi connectivity index (χ4n) is 8.69. The van der Waals surface area contributed by atoms with Crippen molar-refractivity contribution in [3.8, 4) is 5.75 Å². The van der Waals surface area contributed by atoms with E-state index in [4.69, 9.17) is 50.4 Å². The fraction of sp³-hybridized carbons (Fsp3) is 0.744. The number of carbonyl (C=O) groups is 2. The predicted molar refractivity (Wildman–Crippen MR) is 255 cm³/mol. The zero-order valence-electron chi connectivity index (χ0n) is 38.3. The molecule has 0 bridgehead atoms. The van der Waals surface area contributed by atoms with E-state index in [2.05, 4.69) is 41.7 Å². The largest absolute Gasteiger partial charge is 0.462 e. The maximum Gasteiger partial charge on any atom is 0.325 e. The summed E-state index contributed by atoms with van der Waals surface area (Å²) in [6.45, 7) is 11.4. The molecule has 1 saturated carbocycles. The number of nitrogens with one attached hydrogen (secondary N) is 2. The van der Waals surface area contributed by atoms with Crippen molar-refractivity contribution in [2.24, 2.45) is 5.92 Å². The number of fused-ring (bicyclic) bond motifs is 2. The molecule has 2 amide bonds. The monoisotopic (exact) mass is 1020 g/mol. The number of aliphatic hydroxyl groups is 3. The van der Waals surface area contributed by atoms with E-state index in [-0.39, 0.29) is 57.1 Å². The zero-order chi connectivity index (χ0) is 48.2. The molecule has 67 heavy (non-hydrogen) atoms. The molecule has 1 aliphatic carbocycles. The van der Waals surface area contributed by atoms with Crippen LogP contribution in [0.15, 0.2) is 30.5 Å². The maximum absolute atomic E-state index is 13.3. The highest BCUT2D eigenvalue weighted by atomic mass is 32.2. The number of likely N-dealkylation sites (tertiary alicyclic amines) is 1. The molecule has 5 unspecified atom stereocenters. The number of hydrogen-bond acceptors (Lipinski definition) is 17. The van der Waals surface area contributed by atoms with Gasteiger partial charge in [0.15, 0.2) is 5.11 Å². The Balaban J connectivity index is 0.725. The van der Waals surface area contributed by atoms with Gasteiger partial charge in [-0.1, -0.05) is 18.6 Å². The molecule has 4 heterocycles. The normalized spacial score (nSPS) is 29.3. The summed E-state index contributed by atoms with van der Waals surface area (Å²) < 4.78 is 46.8. The van der Waals surface area contributed by atoms with E-state index in [1.54, 1.807) is 52.5 Å². The van der Waals surface area contributed by atoms with Crippen molar-refractivity contribution in [1.29, 1.82) is 0 Å². The van der Waals surface area contributed by atoms with Gasteiger partial charge in [-0.05, 0) is 94.8 Å². The molecule has 4 aliphatic rings. The smallest absolute Gasteiger partial charge is 0.325 e. The minimum absolute atomic E-state index is 0.0250. The van der Waals surface area contributed by atoms with E-state index in [0.717, 1.165) is 44.2 Å². The van der Waals surface area contributed by atoms with Crippen molar-refractivity contribution < 1.29 is 67.7 Å². The van der Waals surface area contributed by atoms with Crippen LogP contribution in [-0.4, -0.2) is 185 Å². The number of aryl methyl sites for hydroxylation is 1. The Morgan fingerprint density at radius 3 is 2.15 bits per heavy atom. The average molecular weight is 1020 g/mol. The number of aliphatic hydroxyl groups excluding tert-OH is 3. The zero-order valence-corrected chi connectivity index (χ0v) is 41.7. The molecule has 3 saturated heterocycles. The number of nitrogens with zero attached hydrogens (tertiary/aromatic N) is 4. The number of imide groups is 1. The van der Waals surface area contributed by atoms with Gasteiger partial charge in [-0.2, -0.15) is 0 Å². The Morgan fingerprint density at radius 1 is 0.881 bits per heavy atom. The number of hydrogen-bond donors (Lipinski definition) is 7. The predicted octanol–water partition coefficient (Wildman–Crippen LogP) is 2.33. The summed E-state index contributed by atoms with van der Waals surface area (Å²) in [5.74, 6) is 0.735. The number of thiocarbonyl (C=S) groups is 1.